The maximum Gasteiger partial charge on any atom is 0.232 e. The van der Waals surface area contributed by atoms with Crippen molar-refractivity contribution in [1.29, 1.82) is 0 Å². The van der Waals surface area contributed by atoms with Crippen LogP contribution in [0.3, 0.4) is 0 Å². The van der Waals surface area contributed by atoms with Gasteiger partial charge in [0, 0.05) is 17.3 Å². The smallest absolute Gasteiger partial charge is 0.232 e. The van der Waals surface area contributed by atoms with E-state index in [1.54, 1.807) is 25.1 Å². The van der Waals surface area contributed by atoms with Crippen molar-refractivity contribution in [1.82, 2.24) is 10.3 Å². The first-order valence-corrected chi connectivity index (χ1v) is 10.8. The molecule has 152 valence electrons. The molecule has 7 heteroatoms. The van der Waals surface area contributed by atoms with Gasteiger partial charge in [-0.1, -0.05) is 42.0 Å². The highest BCUT2D eigenvalue weighted by atomic mass is 32.2. The quantitative estimate of drug-likeness (QED) is 0.610. The van der Waals surface area contributed by atoms with Gasteiger partial charge in [-0.2, -0.15) is 0 Å². The van der Waals surface area contributed by atoms with Gasteiger partial charge in [0.15, 0.2) is 0 Å². The Bertz CT molecular complexity index is 1020. The van der Waals surface area contributed by atoms with Crippen LogP contribution in [0.25, 0.3) is 11.5 Å². The second-order valence-corrected chi connectivity index (χ2v) is 8.27. The van der Waals surface area contributed by atoms with Gasteiger partial charge >= 0.3 is 0 Å². The monoisotopic (exact) mass is 414 g/mol. The first-order valence-electron chi connectivity index (χ1n) is 9.31. The molecule has 3 rings (SSSR count). The van der Waals surface area contributed by atoms with Crippen molar-refractivity contribution in [2.75, 3.05) is 12.3 Å². The molecule has 0 fully saturated rings. The zero-order valence-electron chi connectivity index (χ0n) is 16.4. The number of aryl methyl sites for hydroxylation is 2. The van der Waals surface area contributed by atoms with Crippen molar-refractivity contribution in [3.05, 3.63) is 76.9 Å². The van der Waals surface area contributed by atoms with E-state index in [1.165, 1.54) is 11.6 Å². The van der Waals surface area contributed by atoms with Crippen LogP contribution in [0.4, 0.5) is 4.39 Å². The summed E-state index contributed by atoms with van der Waals surface area (Å²) in [4.78, 5) is 16.3. The van der Waals surface area contributed by atoms with E-state index < -0.39 is 16.6 Å². The van der Waals surface area contributed by atoms with Gasteiger partial charge in [-0.3, -0.25) is 9.00 Å². The fourth-order valence-electron chi connectivity index (χ4n) is 2.81. The van der Waals surface area contributed by atoms with Crippen molar-refractivity contribution in [3.8, 4) is 11.5 Å². The van der Waals surface area contributed by atoms with E-state index in [2.05, 4.69) is 10.3 Å². The lowest BCUT2D eigenvalue weighted by molar-refractivity contribution is -0.118. The van der Waals surface area contributed by atoms with Crippen LogP contribution >= 0.6 is 0 Å². The second-order valence-electron chi connectivity index (χ2n) is 6.82. The Morgan fingerprint density at radius 1 is 1.14 bits per heavy atom. The zero-order chi connectivity index (χ0) is 20.8. The molecular formula is C22H23FN2O3S. The minimum absolute atomic E-state index is 0.0785. The molecule has 1 atom stereocenters. The number of amides is 1. The molecule has 1 heterocycles. The van der Waals surface area contributed by atoms with Crippen LogP contribution in [0.15, 0.2) is 52.9 Å². The first kappa shape index (κ1) is 20.9. The van der Waals surface area contributed by atoms with Gasteiger partial charge in [0.1, 0.15) is 17.3 Å². The highest BCUT2D eigenvalue weighted by Crippen LogP contribution is 2.24. The van der Waals surface area contributed by atoms with Crippen LogP contribution in [0.1, 0.15) is 22.6 Å². The molecule has 0 aliphatic carbocycles. The molecule has 0 aliphatic heterocycles. The highest BCUT2D eigenvalue weighted by molar-refractivity contribution is 7.84. The van der Waals surface area contributed by atoms with Crippen LogP contribution in [0, 0.1) is 19.7 Å². The molecule has 1 amide bonds. The lowest BCUT2D eigenvalue weighted by Crippen LogP contribution is -2.30. The zero-order valence-corrected chi connectivity index (χ0v) is 17.2. The number of carbonyl (C=O) groups is 1. The van der Waals surface area contributed by atoms with Crippen molar-refractivity contribution in [2.24, 2.45) is 0 Å². The topological polar surface area (TPSA) is 72.2 Å². The summed E-state index contributed by atoms with van der Waals surface area (Å²) in [5.74, 6) is -0.128. The summed E-state index contributed by atoms with van der Waals surface area (Å²) < 4.78 is 31.8. The Balaban J connectivity index is 1.50. The Morgan fingerprint density at radius 3 is 2.59 bits per heavy atom. The molecule has 3 aromatic rings. The molecule has 0 saturated heterocycles. The number of hydrogen-bond donors (Lipinski definition) is 1. The van der Waals surface area contributed by atoms with E-state index in [0.717, 1.165) is 5.56 Å². The van der Waals surface area contributed by atoms with Gasteiger partial charge in [-0.15, -0.1) is 0 Å². The first-order chi connectivity index (χ1) is 13.9. The SMILES string of the molecule is Cc1ccc(CCNC(=O)C[S@@](=O)Cc2nc(-c3ccccc3F)oc2C)cc1. The molecule has 2 aromatic carbocycles. The van der Waals surface area contributed by atoms with E-state index in [9.17, 15) is 13.4 Å². The molecule has 0 unspecified atom stereocenters. The number of aromatic nitrogens is 1. The van der Waals surface area contributed by atoms with Gasteiger partial charge in [0.2, 0.25) is 11.8 Å². The number of nitrogens with one attached hydrogen (secondary N) is 1. The summed E-state index contributed by atoms with van der Waals surface area (Å²) in [6.07, 6.45) is 0.715. The third-order valence-electron chi connectivity index (χ3n) is 4.44. The largest absolute Gasteiger partial charge is 0.441 e. The molecular weight excluding hydrogens is 391 g/mol. The maximum atomic E-state index is 13.9. The summed E-state index contributed by atoms with van der Waals surface area (Å²) >= 11 is 0. The number of rotatable bonds is 8. The lowest BCUT2D eigenvalue weighted by atomic mass is 10.1. The number of benzene rings is 2. The van der Waals surface area contributed by atoms with Crippen molar-refractivity contribution in [3.63, 3.8) is 0 Å². The fraction of sp³-hybridized carbons (Fsp3) is 0.273. The molecule has 0 spiro atoms. The molecule has 29 heavy (non-hydrogen) atoms. The number of hydrogen-bond acceptors (Lipinski definition) is 4. The van der Waals surface area contributed by atoms with Crippen LogP contribution < -0.4 is 5.32 Å². The van der Waals surface area contributed by atoms with E-state index in [1.807, 2.05) is 31.2 Å². The average molecular weight is 415 g/mol. The van der Waals surface area contributed by atoms with Gasteiger partial charge in [0.25, 0.3) is 0 Å². The number of carbonyl (C=O) groups excluding carboxylic acids is 1. The lowest BCUT2D eigenvalue weighted by Gasteiger charge is -2.05. The summed E-state index contributed by atoms with van der Waals surface area (Å²) in [7, 11) is -1.44. The highest BCUT2D eigenvalue weighted by Gasteiger charge is 2.17. The van der Waals surface area contributed by atoms with Gasteiger partial charge in [-0.05, 0) is 38.0 Å². The van der Waals surface area contributed by atoms with Crippen LogP contribution in [-0.4, -0.2) is 27.4 Å². The Hall–Kier alpha value is -2.80. The van der Waals surface area contributed by atoms with Crippen molar-refractivity contribution >= 4 is 16.7 Å². The van der Waals surface area contributed by atoms with Gasteiger partial charge < -0.3 is 9.73 Å². The van der Waals surface area contributed by atoms with E-state index >= 15 is 0 Å². The molecule has 0 radical (unpaired) electrons. The molecule has 1 aromatic heterocycles. The minimum Gasteiger partial charge on any atom is -0.441 e. The van der Waals surface area contributed by atoms with E-state index in [-0.39, 0.29) is 28.9 Å². The predicted octanol–water partition coefficient (Wildman–Crippen LogP) is 3.71. The molecule has 1 N–H and O–H groups in total. The van der Waals surface area contributed by atoms with Crippen molar-refractivity contribution < 1.29 is 17.8 Å². The number of nitrogens with zero attached hydrogens (tertiary/aromatic N) is 1. The normalized spacial score (nSPS) is 12.0. The van der Waals surface area contributed by atoms with Crippen LogP contribution in [0.5, 0.6) is 0 Å². The van der Waals surface area contributed by atoms with Gasteiger partial charge in [-0.25, -0.2) is 9.37 Å². The van der Waals surface area contributed by atoms with Gasteiger partial charge in [0.05, 0.1) is 17.0 Å². The van der Waals surface area contributed by atoms with Crippen molar-refractivity contribution in [2.45, 2.75) is 26.0 Å². The average Bonchev–Trinajstić information content (AvgIpc) is 3.03. The standard InChI is InChI=1S/C22H23FN2O3S/c1-15-7-9-17(10-8-15)11-12-24-21(26)14-29(27)13-20-16(2)28-22(25-20)18-5-3-4-6-19(18)23/h3-10H,11-14H2,1-2H3,(H,24,26)/t29-/m0/s1. The summed E-state index contributed by atoms with van der Waals surface area (Å²) in [5.41, 5.74) is 3.04. The number of oxazole rings is 1. The Kier molecular flexibility index (Phi) is 6.93. The van der Waals surface area contributed by atoms with E-state index in [0.29, 0.717) is 24.4 Å². The number of halogens is 1. The van der Waals surface area contributed by atoms with Crippen LogP contribution in [-0.2, 0) is 27.8 Å². The van der Waals surface area contributed by atoms with Crippen LogP contribution in [0.2, 0.25) is 0 Å². The third kappa shape index (κ3) is 5.84. The summed E-state index contributed by atoms with van der Waals surface area (Å²) in [6, 6.07) is 14.3. The molecule has 5 nitrogen and oxygen atoms in total. The predicted molar refractivity (Wildman–Crippen MR) is 111 cm³/mol. The molecule has 0 bridgehead atoms. The second kappa shape index (κ2) is 9.60. The third-order valence-corrected chi connectivity index (χ3v) is 5.62. The summed E-state index contributed by atoms with van der Waals surface area (Å²) in [5, 5.41) is 2.79. The maximum absolute atomic E-state index is 13.9. The summed E-state index contributed by atoms with van der Waals surface area (Å²) in [6.45, 7) is 4.20. The Labute approximate surface area is 171 Å². The van der Waals surface area contributed by atoms with E-state index in [4.69, 9.17) is 4.42 Å². The fourth-order valence-corrected chi connectivity index (χ4v) is 3.88. The minimum atomic E-state index is -1.44. The Morgan fingerprint density at radius 2 is 1.86 bits per heavy atom. The molecule has 0 saturated carbocycles. The molecule has 0 aliphatic rings.